The van der Waals surface area contributed by atoms with Crippen LogP contribution in [-0.2, 0) is 13.6 Å². The number of aliphatic imine (C=N–C) groups is 1. The Hall–Kier alpha value is -2.70. The first-order valence-corrected chi connectivity index (χ1v) is 9.50. The van der Waals surface area contributed by atoms with Crippen molar-refractivity contribution >= 4 is 5.96 Å². The smallest absolute Gasteiger partial charge is 0.192 e. The summed E-state index contributed by atoms with van der Waals surface area (Å²) in [6, 6.07) is 8.07. The largest absolute Gasteiger partial charge is 0.490 e. The Balaban J connectivity index is 2.13. The van der Waals surface area contributed by atoms with Crippen LogP contribution >= 0.6 is 0 Å². The summed E-state index contributed by atoms with van der Waals surface area (Å²) >= 11 is 0. The first kappa shape index (κ1) is 20.6. The minimum atomic E-state index is 0.0595. The molecule has 7 heteroatoms. The molecule has 7 nitrogen and oxygen atoms in total. The molecular formula is C20H31N5O2. The van der Waals surface area contributed by atoms with Crippen molar-refractivity contribution in [3.8, 4) is 11.5 Å². The number of ether oxygens (including phenoxy) is 2. The highest BCUT2D eigenvalue weighted by atomic mass is 16.5. The van der Waals surface area contributed by atoms with Crippen LogP contribution in [0.25, 0.3) is 0 Å². The third-order valence-electron chi connectivity index (χ3n) is 4.09. The summed E-state index contributed by atoms with van der Waals surface area (Å²) in [6.07, 6.45) is 1.78. The fourth-order valence-electron chi connectivity index (χ4n) is 2.66. The molecule has 0 fully saturated rings. The monoisotopic (exact) mass is 373 g/mol. The van der Waals surface area contributed by atoms with Gasteiger partial charge < -0.3 is 20.1 Å². The van der Waals surface area contributed by atoms with Crippen molar-refractivity contribution in [3.05, 3.63) is 41.7 Å². The van der Waals surface area contributed by atoms with Gasteiger partial charge >= 0.3 is 0 Å². The highest BCUT2D eigenvalue weighted by molar-refractivity contribution is 5.80. The van der Waals surface area contributed by atoms with Crippen molar-refractivity contribution in [3.63, 3.8) is 0 Å². The highest BCUT2D eigenvalue weighted by Gasteiger charge is 2.12. The zero-order valence-electron chi connectivity index (χ0n) is 17.0. The number of rotatable bonds is 9. The lowest BCUT2D eigenvalue weighted by Gasteiger charge is -2.20. The first-order valence-electron chi connectivity index (χ1n) is 9.50. The molecule has 0 aliphatic heterocycles. The van der Waals surface area contributed by atoms with Gasteiger partial charge in [-0.15, -0.1) is 0 Å². The van der Waals surface area contributed by atoms with Crippen molar-refractivity contribution in [1.29, 1.82) is 0 Å². The maximum absolute atomic E-state index is 5.73. The molecule has 0 spiro atoms. The summed E-state index contributed by atoms with van der Waals surface area (Å²) in [7, 11) is 1.92. The summed E-state index contributed by atoms with van der Waals surface area (Å²) in [5, 5.41) is 10.9. The molecule has 0 saturated carbocycles. The SMILES string of the molecule is CCNC(=NCc1ccnn1C)NC(C)c1ccc(OCC)c(OCC)c1. The molecule has 2 rings (SSSR count). The zero-order valence-corrected chi connectivity index (χ0v) is 17.0. The molecule has 0 bridgehead atoms. The third-order valence-corrected chi connectivity index (χ3v) is 4.09. The van der Waals surface area contributed by atoms with Crippen molar-refractivity contribution in [2.24, 2.45) is 12.0 Å². The van der Waals surface area contributed by atoms with Gasteiger partial charge in [-0.2, -0.15) is 5.10 Å². The van der Waals surface area contributed by atoms with Crippen molar-refractivity contribution in [1.82, 2.24) is 20.4 Å². The van der Waals surface area contributed by atoms with Gasteiger partial charge in [0.25, 0.3) is 0 Å². The molecule has 1 unspecified atom stereocenters. The van der Waals surface area contributed by atoms with E-state index in [-0.39, 0.29) is 6.04 Å². The van der Waals surface area contributed by atoms with E-state index in [9.17, 15) is 0 Å². The van der Waals surface area contributed by atoms with Crippen LogP contribution in [0.15, 0.2) is 35.5 Å². The number of hydrogen-bond acceptors (Lipinski definition) is 4. The van der Waals surface area contributed by atoms with Gasteiger partial charge in [0.2, 0.25) is 0 Å². The molecule has 1 aromatic carbocycles. The number of nitrogens with one attached hydrogen (secondary N) is 2. The van der Waals surface area contributed by atoms with Crippen LogP contribution in [0.2, 0.25) is 0 Å². The third kappa shape index (κ3) is 5.91. The lowest BCUT2D eigenvalue weighted by atomic mass is 10.1. The van der Waals surface area contributed by atoms with Gasteiger partial charge in [0.15, 0.2) is 17.5 Å². The van der Waals surface area contributed by atoms with E-state index in [1.807, 2.05) is 43.8 Å². The maximum atomic E-state index is 5.73. The average Bonchev–Trinajstić information content (AvgIpc) is 3.06. The summed E-state index contributed by atoms with van der Waals surface area (Å²) in [6.45, 7) is 10.6. The van der Waals surface area contributed by atoms with E-state index >= 15 is 0 Å². The van der Waals surface area contributed by atoms with Crippen LogP contribution in [0.1, 0.15) is 45.0 Å². The molecule has 1 aromatic heterocycles. The van der Waals surface area contributed by atoms with Gasteiger partial charge in [-0.3, -0.25) is 4.68 Å². The molecule has 1 heterocycles. The van der Waals surface area contributed by atoms with E-state index in [4.69, 9.17) is 9.47 Å². The second kappa shape index (κ2) is 10.4. The van der Waals surface area contributed by atoms with Crippen molar-refractivity contribution in [2.45, 2.75) is 40.3 Å². The molecule has 0 aliphatic rings. The van der Waals surface area contributed by atoms with Gasteiger partial charge in [-0.1, -0.05) is 6.07 Å². The molecule has 0 amide bonds. The van der Waals surface area contributed by atoms with Gasteiger partial charge in [0, 0.05) is 19.8 Å². The van der Waals surface area contributed by atoms with Gasteiger partial charge in [-0.05, 0) is 51.5 Å². The van der Waals surface area contributed by atoms with E-state index < -0.39 is 0 Å². The van der Waals surface area contributed by atoms with Crippen LogP contribution in [0, 0.1) is 0 Å². The summed E-state index contributed by atoms with van der Waals surface area (Å²) in [5.74, 6) is 2.30. The van der Waals surface area contributed by atoms with Crippen LogP contribution in [0.4, 0.5) is 0 Å². The van der Waals surface area contributed by atoms with Gasteiger partial charge in [0.1, 0.15) is 0 Å². The molecular weight excluding hydrogens is 342 g/mol. The fraction of sp³-hybridized carbons (Fsp3) is 0.500. The molecule has 1 atom stereocenters. The number of hydrogen-bond donors (Lipinski definition) is 2. The van der Waals surface area contributed by atoms with E-state index in [0.29, 0.717) is 19.8 Å². The normalized spacial score (nSPS) is 12.6. The number of nitrogens with zero attached hydrogens (tertiary/aromatic N) is 3. The zero-order chi connectivity index (χ0) is 19.6. The molecule has 2 N–H and O–H groups in total. The number of aryl methyl sites for hydroxylation is 1. The molecule has 148 valence electrons. The summed E-state index contributed by atoms with van der Waals surface area (Å²) in [4.78, 5) is 4.67. The van der Waals surface area contributed by atoms with E-state index in [2.05, 4.69) is 40.6 Å². The first-order chi connectivity index (χ1) is 13.1. The second-order valence-electron chi connectivity index (χ2n) is 6.08. The standard InChI is InChI=1S/C20H31N5O2/c1-6-21-20(22-14-17-11-12-23-25(17)5)24-15(4)16-9-10-18(26-7-2)19(13-16)27-8-3/h9-13,15H,6-8,14H2,1-5H3,(H2,21,22,24). The molecule has 0 aliphatic carbocycles. The van der Waals surface area contributed by atoms with E-state index in [1.54, 1.807) is 6.20 Å². The predicted octanol–water partition coefficient (Wildman–Crippen LogP) is 3.03. The van der Waals surface area contributed by atoms with Gasteiger partial charge in [-0.25, -0.2) is 4.99 Å². The van der Waals surface area contributed by atoms with Crippen LogP contribution < -0.4 is 20.1 Å². The van der Waals surface area contributed by atoms with E-state index in [1.165, 1.54) is 0 Å². The number of benzene rings is 1. The molecule has 0 radical (unpaired) electrons. The highest BCUT2D eigenvalue weighted by Crippen LogP contribution is 2.30. The molecule has 27 heavy (non-hydrogen) atoms. The summed E-state index contributed by atoms with van der Waals surface area (Å²) < 4.78 is 13.2. The predicted molar refractivity (Wildman–Crippen MR) is 108 cm³/mol. The molecule has 0 saturated heterocycles. The topological polar surface area (TPSA) is 72.7 Å². The Bertz CT molecular complexity index is 742. The number of aromatic nitrogens is 2. The van der Waals surface area contributed by atoms with Crippen molar-refractivity contribution in [2.75, 3.05) is 19.8 Å². The second-order valence-corrected chi connectivity index (χ2v) is 6.08. The Kier molecular flexibility index (Phi) is 7.98. The Morgan fingerprint density at radius 1 is 1.15 bits per heavy atom. The Labute approximate surface area is 161 Å². The Morgan fingerprint density at radius 2 is 1.89 bits per heavy atom. The van der Waals surface area contributed by atoms with Crippen molar-refractivity contribution < 1.29 is 9.47 Å². The summed E-state index contributed by atoms with van der Waals surface area (Å²) in [5.41, 5.74) is 2.16. The minimum Gasteiger partial charge on any atom is -0.490 e. The lowest BCUT2D eigenvalue weighted by molar-refractivity contribution is 0.287. The Morgan fingerprint density at radius 3 is 2.52 bits per heavy atom. The fourth-order valence-corrected chi connectivity index (χ4v) is 2.66. The van der Waals surface area contributed by atoms with Crippen LogP contribution in [-0.4, -0.2) is 35.5 Å². The van der Waals surface area contributed by atoms with Crippen LogP contribution in [0.5, 0.6) is 11.5 Å². The van der Waals surface area contributed by atoms with E-state index in [0.717, 1.165) is 35.3 Å². The number of guanidine groups is 1. The van der Waals surface area contributed by atoms with Crippen LogP contribution in [0.3, 0.4) is 0 Å². The average molecular weight is 374 g/mol. The minimum absolute atomic E-state index is 0.0595. The van der Waals surface area contributed by atoms with Gasteiger partial charge in [0.05, 0.1) is 31.5 Å². The quantitative estimate of drug-likeness (QED) is 0.522. The lowest BCUT2D eigenvalue weighted by Crippen LogP contribution is -2.38. The maximum Gasteiger partial charge on any atom is 0.192 e. The molecule has 2 aromatic rings.